The molecule has 116 valence electrons. The van der Waals surface area contributed by atoms with E-state index in [0.717, 1.165) is 36.4 Å². The van der Waals surface area contributed by atoms with Crippen molar-refractivity contribution in [2.75, 3.05) is 7.11 Å². The summed E-state index contributed by atoms with van der Waals surface area (Å²) in [5.41, 5.74) is -1.63. The lowest BCUT2D eigenvalue weighted by atomic mass is 9.96. The minimum Gasteiger partial charge on any atom is -0.496 e. The smallest absolute Gasteiger partial charge is 0.416 e. The lowest BCUT2D eigenvalue weighted by molar-refractivity contribution is -0.137. The summed E-state index contributed by atoms with van der Waals surface area (Å²) < 4.78 is 56.8. The molecule has 0 amide bonds. The van der Waals surface area contributed by atoms with Crippen LogP contribution in [0, 0.1) is 5.82 Å². The van der Waals surface area contributed by atoms with Crippen molar-refractivity contribution in [1.29, 1.82) is 0 Å². The third-order valence-corrected chi connectivity index (χ3v) is 3.03. The summed E-state index contributed by atoms with van der Waals surface area (Å²) in [7, 11) is 1.23. The Morgan fingerprint density at radius 2 is 1.77 bits per heavy atom. The summed E-state index contributed by atoms with van der Waals surface area (Å²) in [5.74, 6) is -2.13. The van der Waals surface area contributed by atoms with E-state index in [0.29, 0.717) is 0 Å². The Bertz CT molecular complexity index is 723. The molecule has 0 aliphatic rings. The van der Waals surface area contributed by atoms with Crippen LogP contribution in [0.2, 0.25) is 0 Å². The van der Waals surface area contributed by atoms with Gasteiger partial charge in [-0.3, -0.25) is 0 Å². The fourth-order valence-electron chi connectivity index (χ4n) is 2.02. The highest BCUT2D eigenvalue weighted by Crippen LogP contribution is 2.38. The number of carbonyl (C=O) groups is 1. The number of carboxylic acids is 1. The Morgan fingerprint density at radius 1 is 1.09 bits per heavy atom. The van der Waals surface area contributed by atoms with Gasteiger partial charge in [-0.05, 0) is 36.4 Å². The number of benzene rings is 2. The number of methoxy groups -OCH3 is 1. The van der Waals surface area contributed by atoms with E-state index in [-0.39, 0.29) is 22.4 Å². The van der Waals surface area contributed by atoms with E-state index in [4.69, 9.17) is 9.84 Å². The van der Waals surface area contributed by atoms with E-state index in [1.807, 2.05) is 0 Å². The number of alkyl halides is 3. The van der Waals surface area contributed by atoms with Crippen LogP contribution in [0.1, 0.15) is 15.9 Å². The molecule has 0 fully saturated rings. The van der Waals surface area contributed by atoms with Crippen molar-refractivity contribution in [3.8, 4) is 16.9 Å². The summed E-state index contributed by atoms with van der Waals surface area (Å²) in [4.78, 5) is 11.2. The van der Waals surface area contributed by atoms with Crippen molar-refractivity contribution in [3.05, 3.63) is 53.3 Å². The predicted molar refractivity (Wildman–Crippen MR) is 70.3 cm³/mol. The van der Waals surface area contributed by atoms with E-state index in [9.17, 15) is 22.4 Å². The molecule has 0 unspecified atom stereocenters. The first kappa shape index (κ1) is 15.8. The van der Waals surface area contributed by atoms with E-state index in [1.54, 1.807) is 0 Å². The second-order valence-electron chi connectivity index (χ2n) is 4.41. The first-order chi connectivity index (χ1) is 10.2. The van der Waals surface area contributed by atoms with Crippen molar-refractivity contribution in [1.82, 2.24) is 0 Å². The van der Waals surface area contributed by atoms with Crippen LogP contribution in [-0.4, -0.2) is 18.2 Å². The number of ether oxygens (including phenoxy) is 1. The maximum atomic E-state index is 13.4. The van der Waals surface area contributed by atoms with Crippen molar-refractivity contribution >= 4 is 5.97 Å². The van der Waals surface area contributed by atoms with Gasteiger partial charge in [0.1, 0.15) is 11.6 Å². The lowest BCUT2D eigenvalue weighted by Crippen LogP contribution is -2.06. The van der Waals surface area contributed by atoms with Crippen LogP contribution in [-0.2, 0) is 6.18 Å². The van der Waals surface area contributed by atoms with Crippen LogP contribution in [0.15, 0.2) is 36.4 Å². The maximum absolute atomic E-state index is 13.4. The van der Waals surface area contributed by atoms with Gasteiger partial charge in [-0.2, -0.15) is 13.2 Å². The fourth-order valence-corrected chi connectivity index (χ4v) is 2.02. The van der Waals surface area contributed by atoms with Gasteiger partial charge < -0.3 is 9.84 Å². The molecule has 0 saturated carbocycles. The lowest BCUT2D eigenvalue weighted by Gasteiger charge is -2.14. The van der Waals surface area contributed by atoms with Gasteiger partial charge in [-0.1, -0.05) is 0 Å². The van der Waals surface area contributed by atoms with Gasteiger partial charge in [-0.25, -0.2) is 9.18 Å². The van der Waals surface area contributed by atoms with Gasteiger partial charge in [-0.15, -0.1) is 0 Å². The topological polar surface area (TPSA) is 46.5 Å². The standard InChI is InChI=1S/C15H10F4O3/c1-22-13-5-2-8(15(17,18)19)6-12(13)11-7-9(16)3-4-10(11)14(20)21/h2-7H,1H3,(H,20,21). The average Bonchev–Trinajstić information content (AvgIpc) is 2.45. The predicted octanol–water partition coefficient (Wildman–Crippen LogP) is 4.22. The first-order valence-corrected chi connectivity index (χ1v) is 6.02. The van der Waals surface area contributed by atoms with E-state index in [2.05, 4.69) is 0 Å². The van der Waals surface area contributed by atoms with Crippen molar-refractivity contribution < 1.29 is 32.2 Å². The molecule has 3 nitrogen and oxygen atoms in total. The molecule has 22 heavy (non-hydrogen) atoms. The van der Waals surface area contributed by atoms with Crippen LogP contribution in [0.5, 0.6) is 5.75 Å². The Balaban J connectivity index is 2.75. The molecule has 0 radical (unpaired) electrons. The molecule has 0 saturated heterocycles. The minimum absolute atomic E-state index is 0.0149. The zero-order valence-corrected chi connectivity index (χ0v) is 11.2. The number of carboxylic acid groups (broad SMARTS) is 1. The monoisotopic (exact) mass is 314 g/mol. The van der Waals surface area contributed by atoms with Crippen LogP contribution in [0.3, 0.4) is 0 Å². The molecule has 0 spiro atoms. The zero-order chi connectivity index (χ0) is 16.5. The molecule has 0 heterocycles. The van der Waals surface area contributed by atoms with E-state index >= 15 is 0 Å². The van der Waals surface area contributed by atoms with Crippen LogP contribution < -0.4 is 4.74 Å². The molecule has 0 aliphatic carbocycles. The van der Waals surface area contributed by atoms with Gasteiger partial charge in [0.05, 0.1) is 18.2 Å². The number of hydrogen-bond acceptors (Lipinski definition) is 2. The third-order valence-electron chi connectivity index (χ3n) is 3.03. The highest BCUT2D eigenvalue weighted by Gasteiger charge is 2.31. The molecule has 0 aliphatic heterocycles. The molecule has 2 aromatic rings. The molecule has 2 aromatic carbocycles. The van der Waals surface area contributed by atoms with Gasteiger partial charge >= 0.3 is 12.1 Å². The Labute approximate surface area is 122 Å². The number of halogens is 4. The van der Waals surface area contributed by atoms with Gasteiger partial charge in [0.25, 0.3) is 0 Å². The van der Waals surface area contributed by atoms with Crippen molar-refractivity contribution in [2.24, 2.45) is 0 Å². The van der Waals surface area contributed by atoms with Crippen LogP contribution in [0.25, 0.3) is 11.1 Å². The molecule has 0 atom stereocenters. The zero-order valence-electron chi connectivity index (χ0n) is 11.2. The Morgan fingerprint density at radius 3 is 2.32 bits per heavy atom. The van der Waals surface area contributed by atoms with Crippen molar-refractivity contribution in [3.63, 3.8) is 0 Å². The SMILES string of the molecule is COc1ccc(C(F)(F)F)cc1-c1cc(F)ccc1C(=O)O. The molecule has 2 rings (SSSR count). The molecule has 1 N–H and O–H groups in total. The molecular weight excluding hydrogens is 304 g/mol. The quantitative estimate of drug-likeness (QED) is 0.863. The largest absolute Gasteiger partial charge is 0.496 e. The Hall–Kier alpha value is -2.57. The molecule has 0 bridgehead atoms. The summed E-state index contributed by atoms with van der Waals surface area (Å²) in [6, 6.07) is 5.39. The van der Waals surface area contributed by atoms with Crippen molar-refractivity contribution in [2.45, 2.75) is 6.18 Å². The normalized spacial score (nSPS) is 11.3. The Kier molecular flexibility index (Phi) is 4.07. The van der Waals surface area contributed by atoms with E-state index < -0.39 is 23.5 Å². The fraction of sp³-hybridized carbons (Fsp3) is 0.133. The highest BCUT2D eigenvalue weighted by atomic mass is 19.4. The molecule has 0 aromatic heterocycles. The van der Waals surface area contributed by atoms with Gasteiger partial charge in [0, 0.05) is 11.1 Å². The van der Waals surface area contributed by atoms with E-state index in [1.165, 1.54) is 7.11 Å². The number of rotatable bonds is 3. The average molecular weight is 314 g/mol. The number of aromatic carboxylic acids is 1. The molecular formula is C15H10F4O3. The highest BCUT2D eigenvalue weighted by molar-refractivity contribution is 5.97. The number of hydrogen-bond donors (Lipinski definition) is 1. The second-order valence-corrected chi connectivity index (χ2v) is 4.41. The first-order valence-electron chi connectivity index (χ1n) is 6.02. The summed E-state index contributed by atoms with van der Waals surface area (Å²) >= 11 is 0. The van der Waals surface area contributed by atoms with Gasteiger partial charge in [0.2, 0.25) is 0 Å². The van der Waals surface area contributed by atoms with Crippen LogP contribution in [0.4, 0.5) is 17.6 Å². The van der Waals surface area contributed by atoms with Crippen LogP contribution >= 0.6 is 0 Å². The second kappa shape index (κ2) is 5.67. The minimum atomic E-state index is -4.61. The maximum Gasteiger partial charge on any atom is 0.416 e. The molecule has 7 heteroatoms. The summed E-state index contributed by atoms with van der Waals surface area (Å²) in [6.07, 6.45) is -4.61. The van der Waals surface area contributed by atoms with Gasteiger partial charge in [0.15, 0.2) is 0 Å². The third kappa shape index (κ3) is 3.03. The summed E-state index contributed by atoms with van der Waals surface area (Å²) in [5, 5.41) is 9.13. The summed E-state index contributed by atoms with van der Waals surface area (Å²) in [6.45, 7) is 0.